The molecule has 0 saturated heterocycles. The van der Waals surface area contributed by atoms with Crippen LogP contribution in [0.4, 0.5) is 4.79 Å². The van der Waals surface area contributed by atoms with Crippen LogP contribution < -0.4 is 10.6 Å². The zero-order valence-electron chi connectivity index (χ0n) is 35.0. The largest absolute Gasteiger partial charge is 0.481 e. The van der Waals surface area contributed by atoms with Crippen LogP contribution >= 0.6 is 0 Å². The summed E-state index contributed by atoms with van der Waals surface area (Å²) in [5, 5.41) is 14.0. The van der Waals surface area contributed by atoms with E-state index < -0.39 is 12.1 Å². The van der Waals surface area contributed by atoms with Gasteiger partial charge in [0.2, 0.25) is 5.91 Å². The van der Waals surface area contributed by atoms with E-state index in [2.05, 4.69) is 34.9 Å². The van der Waals surface area contributed by atoms with E-state index in [0.29, 0.717) is 165 Å². The summed E-state index contributed by atoms with van der Waals surface area (Å²) in [6.07, 6.45) is 0.716. The number of carbonyl (C=O) groups is 3. The Morgan fingerprint density at radius 2 is 0.783 bits per heavy atom. The van der Waals surface area contributed by atoms with Crippen molar-refractivity contribution in [1.82, 2.24) is 10.6 Å². The fraction of sp³-hybridized carbons (Fsp3) is 0.651. The van der Waals surface area contributed by atoms with Crippen molar-refractivity contribution in [3.63, 3.8) is 0 Å². The number of alkyl carbamates (subject to hydrolysis) is 1. The predicted molar refractivity (Wildman–Crippen MR) is 220 cm³/mol. The molecule has 2 aromatic rings. The molecule has 0 radical (unpaired) electrons. The van der Waals surface area contributed by atoms with Gasteiger partial charge in [-0.25, -0.2) is 4.79 Å². The number of amides is 2. The SMILES string of the molecule is O=C(O)CCC(=O)NCCCOCCOCCOCCOCCOCCOCCOCCOCCOCCOCCCNC(=O)OCC1c2ccccc2-c2ccccc21. The Labute approximate surface area is 353 Å². The van der Waals surface area contributed by atoms with Gasteiger partial charge in [0.05, 0.1) is 125 Å². The van der Waals surface area contributed by atoms with E-state index in [1.807, 2.05) is 24.3 Å². The molecule has 0 atom stereocenters. The average Bonchev–Trinajstić information content (AvgIpc) is 3.58. The summed E-state index contributed by atoms with van der Waals surface area (Å²) in [5.74, 6) is -1.21. The van der Waals surface area contributed by atoms with Crippen LogP contribution in [-0.2, 0) is 61.7 Å². The maximum Gasteiger partial charge on any atom is 0.407 e. The van der Waals surface area contributed by atoms with Crippen molar-refractivity contribution in [3.8, 4) is 11.1 Å². The zero-order valence-corrected chi connectivity index (χ0v) is 35.0. The van der Waals surface area contributed by atoms with Crippen molar-refractivity contribution < 1.29 is 71.6 Å². The lowest BCUT2D eigenvalue weighted by Gasteiger charge is -2.14. The Balaban J connectivity index is 0.927. The molecule has 0 heterocycles. The lowest BCUT2D eigenvalue weighted by Crippen LogP contribution is -2.27. The minimum Gasteiger partial charge on any atom is -0.481 e. The van der Waals surface area contributed by atoms with Gasteiger partial charge in [0.15, 0.2) is 0 Å². The van der Waals surface area contributed by atoms with E-state index in [-0.39, 0.29) is 24.7 Å². The Kier molecular flexibility index (Phi) is 29.4. The Morgan fingerprint density at radius 1 is 0.450 bits per heavy atom. The molecule has 1 aliphatic carbocycles. The maximum atomic E-state index is 12.3. The van der Waals surface area contributed by atoms with E-state index in [1.54, 1.807) is 0 Å². The number of fused-ring (bicyclic) bond motifs is 3. The molecule has 0 aliphatic heterocycles. The molecule has 0 bridgehead atoms. The third-order valence-electron chi connectivity index (χ3n) is 8.78. The van der Waals surface area contributed by atoms with Gasteiger partial charge in [-0.05, 0) is 35.1 Å². The van der Waals surface area contributed by atoms with Crippen molar-refractivity contribution in [3.05, 3.63) is 59.7 Å². The highest BCUT2D eigenvalue weighted by molar-refractivity contribution is 5.80. The van der Waals surface area contributed by atoms with Gasteiger partial charge in [0, 0.05) is 38.6 Å². The Hall–Kier alpha value is -3.75. The molecular formula is C43H66N2O15. The van der Waals surface area contributed by atoms with Gasteiger partial charge < -0.3 is 67.8 Å². The van der Waals surface area contributed by atoms with Gasteiger partial charge in [-0.15, -0.1) is 0 Å². The van der Waals surface area contributed by atoms with Crippen molar-refractivity contribution in [1.29, 1.82) is 0 Å². The van der Waals surface area contributed by atoms with Crippen LogP contribution in [0.25, 0.3) is 11.1 Å². The first-order valence-corrected chi connectivity index (χ1v) is 20.9. The standard InChI is InChI=1S/C43H66N2O15/c46-41(11-12-42(47)48)44-13-5-15-50-17-19-52-21-23-54-25-27-56-29-31-58-33-34-59-32-30-57-28-26-55-24-22-53-20-18-51-16-6-14-45-43(49)60-35-40-38-9-3-1-7-36(38)37-8-2-4-10-39(37)40/h1-4,7-10,40H,5-6,11-35H2,(H,44,46)(H,45,49)(H,47,48). The quantitative estimate of drug-likeness (QED) is 0.0825. The molecule has 1 aliphatic rings. The van der Waals surface area contributed by atoms with Gasteiger partial charge in [0.1, 0.15) is 6.61 Å². The number of rotatable bonds is 40. The zero-order chi connectivity index (χ0) is 42.6. The second kappa shape index (κ2) is 34.9. The molecule has 2 aromatic carbocycles. The monoisotopic (exact) mass is 850 g/mol. The van der Waals surface area contributed by atoms with Gasteiger partial charge in [-0.1, -0.05) is 48.5 Å². The molecule has 60 heavy (non-hydrogen) atoms. The van der Waals surface area contributed by atoms with E-state index in [4.69, 9.17) is 57.2 Å². The van der Waals surface area contributed by atoms with Crippen LogP contribution in [0.15, 0.2) is 48.5 Å². The highest BCUT2D eigenvalue weighted by Gasteiger charge is 2.29. The van der Waals surface area contributed by atoms with Crippen LogP contribution in [-0.4, -0.2) is 175 Å². The molecule has 2 amide bonds. The number of benzene rings is 2. The van der Waals surface area contributed by atoms with Crippen LogP contribution in [0.2, 0.25) is 0 Å². The van der Waals surface area contributed by atoms with E-state index in [9.17, 15) is 14.4 Å². The van der Waals surface area contributed by atoms with Gasteiger partial charge in [-0.2, -0.15) is 0 Å². The number of carboxylic acids is 1. The van der Waals surface area contributed by atoms with E-state index in [1.165, 1.54) is 22.3 Å². The molecule has 0 fully saturated rings. The topological polar surface area (TPSA) is 197 Å². The number of hydrogen-bond donors (Lipinski definition) is 3. The number of nitrogens with one attached hydrogen (secondary N) is 2. The van der Waals surface area contributed by atoms with Crippen LogP contribution in [0.5, 0.6) is 0 Å². The number of aliphatic carboxylic acids is 1. The van der Waals surface area contributed by atoms with Gasteiger partial charge in [0.25, 0.3) is 0 Å². The van der Waals surface area contributed by atoms with Crippen LogP contribution in [0, 0.1) is 0 Å². The van der Waals surface area contributed by atoms with Crippen molar-refractivity contribution in [2.24, 2.45) is 0 Å². The highest BCUT2D eigenvalue weighted by atomic mass is 16.6. The number of carbonyl (C=O) groups excluding carboxylic acids is 2. The minimum absolute atomic E-state index is 0.0148. The number of ether oxygens (including phenoxy) is 11. The number of hydrogen-bond acceptors (Lipinski definition) is 14. The van der Waals surface area contributed by atoms with Gasteiger partial charge in [-0.3, -0.25) is 9.59 Å². The van der Waals surface area contributed by atoms with Crippen LogP contribution in [0.1, 0.15) is 42.7 Å². The molecule has 17 heteroatoms. The van der Waals surface area contributed by atoms with E-state index >= 15 is 0 Å². The third kappa shape index (κ3) is 24.5. The minimum atomic E-state index is -0.986. The maximum absolute atomic E-state index is 12.3. The van der Waals surface area contributed by atoms with Crippen molar-refractivity contribution in [2.45, 2.75) is 31.6 Å². The van der Waals surface area contributed by atoms with E-state index in [0.717, 1.165) is 0 Å². The first kappa shape index (κ1) is 50.6. The molecule has 17 nitrogen and oxygen atoms in total. The lowest BCUT2D eigenvalue weighted by molar-refractivity contribution is -0.138. The van der Waals surface area contributed by atoms with Crippen molar-refractivity contribution in [2.75, 3.05) is 152 Å². The summed E-state index contributed by atoms with van der Waals surface area (Å²) in [6, 6.07) is 16.5. The first-order chi connectivity index (χ1) is 29.6. The fourth-order valence-electron chi connectivity index (χ4n) is 5.81. The molecule has 0 unspecified atom stereocenters. The van der Waals surface area contributed by atoms with Gasteiger partial charge >= 0.3 is 12.1 Å². The molecule has 0 spiro atoms. The molecule has 0 saturated carbocycles. The summed E-state index contributed by atoms with van der Waals surface area (Å²) in [5.41, 5.74) is 4.78. The summed E-state index contributed by atoms with van der Waals surface area (Å²) in [4.78, 5) is 34.1. The first-order valence-electron chi connectivity index (χ1n) is 20.9. The fourth-order valence-corrected chi connectivity index (χ4v) is 5.81. The van der Waals surface area contributed by atoms with Crippen molar-refractivity contribution >= 4 is 18.0 Å². The second-order valence-corrected chi connectivity index (χ2v) is 13.3. The summed E-state index contributed by atoms with van der Waals surface area (Å²) in [7, 11) is 0. The van der Waals surface area contributed by atoms with Crippen LogP contribution in [0.3, 0.4) is 0 Å². The summed E-state index contributed by atoms with van der Waals surface area (Å²) >= 11 is 0. The number of carboxylic acid groups (broad SMARTS) is 1. The Morgan fingerprint density at radius 3 is 1.15 bits per heavy atom. The molecule has 3 N–H and O–H groups in total. The summed E-state index contributed by atoms with van der Waals surface area (Å²) < 4.78 is 60.5. The third-order valence-corrected chi connectivity index (χ3v) is 8.78. The smallest absolute Gasteiger partial charge is 0.407 e. The molecule has 0 aromatic heterocycles. The summed E-state index contributed by atoms with van der Waals surface area (Å²) in [6.45, 7) is 10.6. The highest BCUT2D eigenvalue weighted by Crippen LogP contribution is 2.44. The molecular weight excluding hydrogens is 784 g/mol. The molecule has 3 rings (SSSR count). The second-order valence-electron chi connectivity index (χ2n) is 13.3. The normalized spacial score (nSPS) is 12.0. The Bertz CT molecular complexity index is 1370. The lowest BCUT2D eigenvalue weighted by atomic mass is 9.98. The molecule has 338 valence electrons. The average molecular weight is 851 g/mol. The predicted octanol–water partition coefficient (Wildman–Crippen LogP) is 3.45.